The minimum absolute atomic E-state index is 0.0193. The summed E-state index contributed by atoms with van der Waals surface area (Å²) < 4.78 is 37.6. The molecule has 3 nitrogen and oxygen atoms in total. The van der Waals surface area contributed by atoms with E-state index in [1.54, 1.807) is 0 Å². The average molecular weight is 288 g/mol. The Kier molecular flexibility index (Phi) is 5.42. The van der Waals surface area contributed by atoms with Crippen molar-refractivity contribution in [2.24, 2.45) is 5.92 Å². The second kappa shape index (κ2) is 6.63. The third kappa shape index (κ3) is 5.11. The molecule has 1 rings (SSSR count). The Morgan fingerprint density at radius 1 is 1.25 bits per heavy atom. The molecule has 0 bridgehead atoms. The zero-order chi connectivity index (χ0) is 15.3. The molecule has 0 aliphatic carbocycles. The summed E-state index contributed by atoms with van der Waals surface area (Å²) in [5.74, 6) is 0.0520. The Morgan fingerprint density at radius 2 is 1.90 bits per heavy atom. The summed E-state index contributed by atoms with van der Waals surface area (Å²) in [6.07, 6.45) is -4.38. The second-order valence-corrected chi connectivity index (χ2v) is 5.03. The molecule has 0 saturated carbocycles. The smallest absolute Gasteiger partial charge is 0.376 e. The lowest BCUT2D eigenvalue weighted by molar-refractivity contribution is -0.137. The zero-order valence-corrected chi connectivity index (χ0v) is 11.7. The molecule has 0 spiro atoms. The van der Waals surface area contributed by atoms with Gasteiger partial charge in [0.15, 0.2) is 0 Å². The molecule has 0 aliphatic rings. The van der Waals surface area contributed by atoms with Crippen molar-refractivity contribution < 1.29 is 18.0 Å². The van der Waals surface area contributed by atoms with Gasteiger partial charge in [0.25, 0.3) is 0 Å². The van der Waals surface area contributed by atoms with Crippen LogP contribution in [0.1, 0.15) is 26.3 Å². The lowest BCUT2D eigenvalue weighted by Gasteiger charge is -2.18. The molecule has 1 aromatic carbocycles. The number of carbonyl (C=O) groups is 1. The van der Waals surface area contributed by atoms with Crippen LogP contribution in [0, 0.1) is 5.92 Å². The lowest BCUT2D eigenvalue weighted by Crippen LogP contribution is -2.39. The summed E-state index contributed by atoms with van der Waals surface area (Å²) in [6, 6.07) is 4.80. The number of alkyl halides is 3. The highest BCUT2D eigenvalue weighted by Crippen LogP contribution is 2.30. The molecule has 0 heterocycles. The third-order valence-corrected chi connectivity index (χ3v) is 3.03. The molecule has 0 aromatic heterocycles. The highest BCUT2D eigenvalue weighted by Gasteiger charge is 2.30. The van der Waals surface area contributed by atoms with Gasteiger partial charge in [0, 0.05) is 11.7 Å². The molecule has 0 aliphatic heterocycles. The fourth-order valence-electron chi connectivity index (χ4n) is 1.46. The number of anilines is 1. The maximum Gasteiger partial charge on any atom is 0.416 e. The van der Waals surface area contributed by atoms with Crippen LogP contribution < -0.4 is 10.6 Å². The van der Waals surface area contributed by atoms with Gasteiger partial charge in [-0.05, 0) is 31.0 Å². The van der Waals surface area contributed by atoms with E-state index in [-0.39, 0.29) is 24.2 Å². The SMILES string of the molecule is CC(C)C(C)NC(=O)CNc1cccc(C(F)(F)F)c1. The van der Waals surface area contributed by atoms with Gasteiger partial charge in [0.05, 0.1) is 12.1 Å². The first-order chi connectivity index (χ1) is 9.20. The number of carbonyl (C=O) groups excluding carboxylic acids is 1. The number of amides is 1. The molecule has 1 aromatic rings. The van der Waals surface area contributed by atoms with E-state index in [2.05, 4.69) is 10.6 Å². The standard InChI is InChI=1S/C14H19F3N2O/c1-9(2)10(3)19-13(20)8-18-12-6-4-5-11(7-12)14(15,16)17/h4-7,9-10,18H,8H2,1-3H3,(H,19,20). The molecule has 2 N–H and O–H groups in total. The number of hydrogen-bond acceptors (Lipinski definition) is 2. The van der Waals surface area contributed by atoms with Crippen molar-refractivity contribution in [3.63, 3.8) is 0 Å². The first-order valence-corrected chi connectivity index (χ1v) is 6.40. The van der Waals surface area contributed by atoms with Gasteiger partial charge in [-0.1, -0.05) is 19.9 Å². The lowest BCUT2D eigenvalue weighted by atomic mass is 10.1. The summed E-state index contributed by atoms with van der Waals surface area (Å²) in [4.78, 5) is 11.6. The summed E-state index contributed by atoms with van der Waals surface area (Å²) in [5, 5.41) is 5.46. The van der Waals surface area contributed by atoms with E-state index in [9.17, 15) is 18.0 Å². The van der Waals surface area contributed by atoms with Gasteiger partial charge in [0.1, 0.15) is 0 Å². The van der Waals surface area contributed by atoms with Gasteiger partial charge in [0.2, 0.25) is 5.91 Å². The highest BCUT2D eigenvalue weighted by atomic mass is 19.4. The van der Waals surface area contributed by atoms with Gasteiger partial charge in [-0.15, -0.1) is 0 Å². The van der Waals surface area contributed by atoms with E-state index in [1.807, 2.05) is 20.8 Å². The van der Waals surface area contributed by atoms with Crippen LogP contribution in [0.2, 0.25) is 0 Å². The van der Waals surface area contributed by atoms with Crippen LogP contribution in [-0.2, 0) is 11.0 Å². The van der Waals surface area contributed by atoms with Crippen LogP contribution in [0.3, 0.4) is 0 Å². The Bertz CT molecular complexity index is 458. The minimum Gasteiger partial charge on any atom is -0.376 e. The van der Waals surface area contributed by atoms with E-state index < -0.39 is 11.7 Å². The normalized spacial score (nSPS) is 13.2. The van der Waals surface area contributed by atoms with Gasteiger partial charge < -0.3 is 10.6 Å². The van der Waals surface area contributed by atoms with Crippen LogP contribution in [0.4, 0.5) is 18.9 Å². The molecule has 0 fully saturated rings. The number of rotatable bonds is 5. The van der Waals surface area contributed by atoms with Gasteiger partial charge >= 0.3 is 6.18 Å². The van der Waals surface area contributed by atoms with E-state index in [1.165, 1.54) is 12.1 Å². The molecular formula is C14H19F3N2O. The van der Waals surface area contributed by atoms with Crippen LogP contribution in [0.5, 0.6) is 0 Å². The molecule has 1 amide bonds. The molecular weight excluding hydrogens is 269 g/mol. The molecule has 1 atom stereocenters. The molecule has 112 valence electrons. The number of hydrogen-bond donors (Lipinski definition) is 2. The Hall–Kier alpha value is -1.72. The molecule has 1 unspecified atom stereocenters. The summed E-state index contributed by atoms with van der Waals surface area (Å²) >= 11 is 0. The van der Waals surface area contributed by atoms with Crippen molar-refractivity contribution in [2.45, 2.75) is 33.0 Å². The van der Waals surface area contributed by atoms with E-state index in [0.717, 1.165) is 12.1 Å². The van der Waals surface area contributed by atoms with Crippen LogP contribution >= 0.6 is 0 Å². The summed E-state index contributed by atoms with van der Waals surface area (Å²) in [6.45, 7) is 5.78. The van der Waals surface area contributed by atoms with Crippen molar-refractivity contribution in [1.82, 2.24) is 5.32 Å². The van der Waals surface area contributed by atoms with E-state index in [4.69, 9.17) is 0 Å². The summed E-state index contributed by atoms with van der Waals surface area (Å²) in [7, 11) is 0. The number of benzene rings is 1. The Morgan fingerprint density at radius 3 is 2.45 bits per heavy atom. The topological polar surface area (TPSA) is 41.1 Å². The van der Waals surface area contributed by atoms with Crippen molar-refractivity contribution in [3.05, 3.63) is 29.8 Å². The Balaban J connectivity index is 2.56. The molecule has 0 saturated heterocycles. The van der Waals surface area contributed by atoms with Crippen molar-refractivity contribution in [1.29, 1.82) is 0 Å². The van der Waals surface area contributed by atoms with Gasteiger partial charge in [-0.25, -0.2) is 0 Å². The minimum atomic E-state index is -4.38. The van der Waals surface area contributed by atoms with Crippen LogP contribution in [-0.4, -0.2) is 18.5 Å². The molecule has 20 heavy (non-hydrogen) atoms. The predicted octanol–water partition coefficient (Wildman–Crippen LogP) is 3.28. The maximum atomic E-state index is 12.5. The number of halogens is 3. The predicted molar refractivity (Wildman–Crippen MR) is 72.4 cm³/mol. The first-order valence-electron chi connectivity index (χ1n) is 6.40. The highest BCUT2D eigenvalue weighted by molar-refractivity contribution is 5.81. The fraction of sp³-hybridized carbons (Fsp3) is 0.500. The van der Waals surface area contributed by atoms with Gasteiger partial charge in [-0.3, -0.25) is 4.79 Å². The largest absolute Gasteiger partial charge is 0.416 e. The van der Waals surface area contributed by atoms with Crippen molar-refractivity contribution in [2.75, 3.05) is 11.9 Å². The van der Waals surface area contributed by atoms with Crippen molar-refractivity contribution in [3.8, 4) is 0 Å². The van der Waals surface area contributed by atoms with E-state index >= 15 is 0 Å². The second-order valence-electron chi connectivity index (χ2n) is 5.03. The third-order valence-electron chi connectivity index (χ3n) is 3.03. The van der Waals surface area contributed by atoms with Crippen molar-refractivity contribution >= 4 is 11.6 Å². The van der Waals surface area contributed by atoms with Gasteiger partial charge in [-0.2, -0.15) is 13.2 Å². The van der Waals surface area contributed by atoms with Crippen LogP contribution in [0.15, 0.2) is 24.3 Å². The monoisotopic (exact) mass is 288 g/mol. The summed E-state index contributed by atoms with van der Waals surface area (Å²) in [5.41, 5.74) is -0.467. The average Bonchev–Trinajstić information content (AvgIpc) is 2.35. The first kappa shape index (κ1) is 16.3. The molecule has 6 heteroatoms. The number of nitrogens with one attached hydrogen (secondary N) is 2. The van der Waals surface area contributed by atoms with Crippen LogP contribution in [0.25, 0.3) is 0 Å². The molecule has 0 radical (unpaired) electrons. The van der Waals surface area contributed by atoms with E-state index in [0.29, 0.717) is 5.92 Å². The quantitative estimate of drug-likeness (QED) is 0.873. The Labute approximate surface area is 116 Å². The fourth-order valence-corrected chi connectivity index (χ4v) is 1.46. The maximum absolute atomic E-state index is 12.5. The zero-order valence-electron chi connectivity index (χ0n) is 11.7.